The second-order valence-corrected chi connectivity index (χ2v) is 16.5. The largest absolute Gasteiger partial charge is 0.507 e. The zero-order chi connectivity index (χ0) is 48.7. The van der Waals surface area contributed by atoms with Crippen LogP contribution in [-0.4, -0.2) is 36.0 Å². The Bertz CT molecular complexity index is 3130. The molecule has 10 rings (SSSR count). The molecular weight excluding hydrogens is 903 g/mol. The van der Waals surface area contributed by atoms with Gasteiger partial charge in [0, 0.05) is 57.8 Å². The number of halogens is 1. The molecule has 0 aliphatic rings. The average Bonchev–Trinajstić information content (AvgIpc) is 3.43. The van der Waals surface area contributed by atoms with Gasteiger partial charge < -0.3 is 19.7 Å². The summed E-state index contributed by atoms with van der Waals surface area (Å²) in [5, 5.41) is 21.1. The lowest BCUT2D eigenvalue weighted by atomic mass is 9.99. The highest BCUT2D eigenvalue weighted by Crippen LogP contribution is 2.38. The Morgan fingerprint density at radius 2 is 0.606 bits per heavy atom. The van der Waals surface area contributed by atoms with Gasteiger partial charge >= 0.3 is 0 Å². The predicted molar refractivity (Wildman–Crippen MR) is 284 cm³/mol. The highest BCUT2D eigenvalue weighted by Gasteiger charge is 2.27. The van der Waals surface area contributed by atoms with E-state index < -0.39 is 17.6 Å². The van der Waals surface area contributed by atoms with E-state index in [9.17, 15) is 24.6 Å². The topological polar surface area (TPSA) is 110 Å². The first kappa shape index (κ1) is 50.2. The fourth-order valence-corrected chi connectivity index (χ4v) is 8.09. The number of Topliss-reactive ketones (excluding diaryl/α,β-unsaturated/α-hetero) is 3. The lowest BCUT2D eigenvalue weighted by Crippen LogP contribution is -2.20. The van der Waals surface area contributed by atoms with Crippen LogP contribution in [0.1, 0.15) is 65.3 Å². The third-order valence-corrected chi connectivity index (χ3v) is 11.8. The van der Waals surface area contributed by atoms with Crippen molar-refractivity contribution in [1.29, 1.82) is 0 Å². The van der Waals surface area contributed by atoms with E-state index in [1.165, 1.54) is 0 Å². The van der Waals surface area contributed by atoms with Gasteiger partial charge in [-0.1, -0.05) is 231 Å². The van der Waals surface area contributed by atoms with Gasteiger partial charge in [0.15, 0.2) is 18.0 Å². The van der Waals surface area contributed by atoms with Crippen molar-refractivity contribution in [3.8, 4) is 23.0 Å². The molecule has 3 unspecified atom stereocenters. The summed E-state index contributed by atoms with van der Waals surface area (Å²) in [6, 6.07) is 77.2. The number of phenols is 2. The molecule has 71 heavy (non-hydrogen) atoms. The molecule has 0 amide bonds. The molecule has 10 aromatic carbocycles. The smallest absolute Gasteiger partial charge is 0.207 e. The minimum atomic E-state index is -0.847. The third-order valence-electron chi connectivity index (χ3n) is 11.4. The Kier molecular flexibility index (Phi) is 17.3. The van der Waals surface area contributed by atoms with Crippen molar-refractivity contribution in [2.24, 2.45) is 0 Å². The summed E-state index contributed by atoms with van der Waals surface area (Å²) in [5.41, 5.74) is 4.13. The number of aromatic hydroxyl groups is 2. The fraction of sp³-hybridized carbons (Fsp3) is 0.0484. The summed E-state index contributed by atoms with van der Waals surface area (Å²) in [6.45, 7) is 0. The van der Waals surface area contributed by atoms with Gasteiger partial charge in [-0.3, -0.25) is 14.4 Å². The van der Waals surface area contributed by atoms with E-state index in [0.717, 1.165) is 27.5 Å². The van der Waals surface area contributed by atoms with Crippen molar-refractivity contribution >= 4 is 58.9 Å². The first-order valence-corrected chi connectivity index (χ1v) is 23.0. The normalized spacial score (nSPS) is 11.7. The summed E-state index contributed by atoms with van der Waals surface area (Å²) < 4.78 is 13.0. The van der Waals surface area contributed by atoms with Crippen molar-refractivity contribution in [1.82, 2.24) is 0 Å². The van der Waals surface area contributed by atoms with Gasteiger partial charge in [-0.05, 0) is 29.8 Å². The van der Waals surface area contributed by atoms with Crippen molar-refractivity contribution in [3.05, 3.63) is 288 Å². The molecule has 3 radical (unpaired) electrons. The highest BCUT2D eigenvalue weighted by molar-refractivity contribution is 6.33. The Morgan fingerprint density at radius 3 is 0.958 bits per heavy atom. The van der Waals surface area contributed by atoms with Gasteiger partial charge in [0.05, 0.1) is 0 Å². The summed E-state index contributed by atoms with van der Waals surface area (Å²) in [6.07, 6.45) is -1.69. The first-order valence-electron chi connectivity index (χ1n) is 22.6. The molecular formula is C62H47BClO7. The number of ketones is 3. The summed E-state index contributed by atoms with van der Waals surface area (Å²) in [5.74, 6) is 1.15. The van der Waals surface area contributed by atoms with E-state index in [4.69, 9.17) is 21.1 Å². The number of carbonyl (C=O) groups excluding carboxylic acids is 3. The lowest BCUT2D eigenvalue weighted by molar-refractivity contribution is 0.0787. The van der Waals surface area contributed by atoms with E-state index in [0.29, 0.717) is 39.0 Å². The Hall–Kier alpha value is -8.72. The number of hydrogen-bond acceptors (Lipinski definition) is 7. The van der Waals surface area contributed by atoms with E-state index in [2.05, 4.69) is 0 Å². The molecule has 0 saturated heterocycles. The molecule has 0 spiro atoms. The summed E-state index contributed by atoms with van der Waals surface area (Å²) >= 11 is 6.14. The van der Waals surface area contributed by atoms with Crippen molar-refractivity contribution in [2.45, 2.75) is 17.6 Å². The zero-order valence-electron chi connectivity index (χ0n) is 38.4. The minimum Gasteiger partial charge on any atom is -0.507 e. The molecule has 0 aromatic heterocycles. The number of phenolic OH excluding ortho intramolecular Hbond substituents is 2. The van der Waals surface area contributed by atoms with Crippen LogP contribution < -0.4 is 9.47 Å². The second-order valence-electron chi connectivity index (χ2n) is 16.0. The van der Waals surface area contributed by atoms with Crippen LogP contribution in [0, 0.1) is 0 Å². The quantitative estimate of drug-likeness (QED) is 0.0673. The van der Waals surface area contributed by atoms with Crippen LogP contribution in [0.25, 0.3) is 21.5 Å². The van der Waals surface area contributed by atoms with Crippen molar-refractivity contribution in [2.75, 3.05) is 0 Å². The Labute approximate surface area is 419 Å². The summed E-state index contributed by atoms with van der Waals surface area (Å²) in [4.78, 5) is 39.4. The number of alkyl halides is 1. The van der Waals surface area contributed by atoms with E-state index in [1.807, 2.05) is 182 Å². The van der Waals surface area contributed by atoms with E-state index in [-0.39, 0.29) is 37.3 Å². The molecule has 0 saturated carbocycles. The SMILES string of the molecule is O=C(c1ccccc1)C(Cl)c1ccccc1.O=C(c1ccccc1)C(Oc1cccc2c(OC(C(=O)c3ccccc3)c3ccccc3)cccc12)c1ccccc1.Oc1cccc2c(O)cccc12.[B]. The fourth-order valence-electron chi connectivity index (χ4n) is 7.82. The summed E-state index contributed by atoms with van der Waals surface area (Å²) in [7, 11) is 0. The molecule has 0 bridgehead atoms. The highest BCUT2D eigenvalue weighted by atomic mass is 35.5. The van der Waals surface area contributed by atoms with Gasteiger partial charge in [0.2, 0.25) is 11.6 Å². The third kappa shape index (κ3) is 12.5. The maximum atomic E-state index is 13.7. The molecule has 0 aliphatic heterocycles. The van der Waals surface area contributed by atoms with Gasteiger partial charge in [0.25, 0.3) is 0 Å². The number of rotatable bonds is 13. The molecule has 3 atom stereocenters. The molecule has 0 fully saturated rings. The van der Waals surface area contributed by atoms with Crippen LogP contribution in [0.4, 0.5) is 0 Å². The van der Waals surface area contributed by atoms with Crippen molar-refractivity contribution in [3.63, 3.8) is 0 Å². The van der Waals surface area contributed by atoms with Gasteiger partial charge in [-0.2, -0.15) is 0 Å². The van der Waals surface area contributed by atoms with Gasteiger partial charge in [-0.25, -0.2) is 0 Å². The first-order chi connectivity index (χ1) is 34.3. The zero-order valence-corrected chi connectivity index (χ0v) is 39.1. The number of carbonyl (C=O) groups is 3. The van der Waals surface area contributed by atoms with Crippen LogP contribution in [0.5, 0.6) is 23.0 Å². The van der Waals surface area contributed by atoms with Crippen LogP contribution in [0.15, 0.2) is 255 Å². The Morgan fingerprint density at radius 1 is 0.324 bits per heavy atom. The number of ether oxygens (including phenoxy) is 2. The number of fused-ring (bicyclic) bond motifs is 2. The molecule has 2 N–H and O–H groups in total. The van der Waals surface area contributed by atoms with Crippen LogP contribution in [0.3, 0.4) is 0 Å². The monoisotopic (exact) mass is 949 g/mol. The molecule has 0 heterocycles. The number of benzene rings is 10. The molecule has 9 heteroatoms. The van der Waals surface area contributed by atoms with Crippen LogP contribution in [-0.2, 0) is 0 Å². The minimum absolute atomic E-state index is 0. The van der Waals surface area contributed by atoms with E-state index >= 15 is 0 Å². The van der Waals surface area contributed by atoms with Crippen LogP contribution in [0.2, 0.25) is 0 Å². The Balaban J connectivity index is 0.000000207. The van der Waals surface area contributed by atoms with E-state index in [1.54, 1.807) is 72.8 Å². The van der Waals surface area contributed by atoms with Crippen LogP contribution >= 0.6 is 11.6 Å². The second kappa shape index (κ2) is 24.5. The van der Waals surface area contributed by atoms with Crippen molar-refractivity contribution < 1.29 is 34.1 Å². The maximum Gasteiger partial charge on any atom is 0.207 e. The lowest BCUT2D eigenvalue weighted by Gasteiger charge is -2.22. The maximum absolute atomic E-state index is 13.7. The molecule has 347 valence electrons. The van der Waals surface area contributed by atoms with Gasteiger partial charge in [-0.15, -0.1) is 11.6 Å². The number of hydrogen-bond donors (Lipinski definition) is 2. The molecule has 0 aliphatic carbocycles. The predicted octanol–water partition coefficient (Wildman–Crippen LogP) is 14.6. The average molecular weight is 950 g/mol. The molecule has 10 aromatic rings. The standard InChI is InChI=1S/C38H28O4.C14H11ClO.C10H8O2.B/c39-35(27-15-5-1-6-16-27)37(29-19-9-3-10-20-29)41-33-25-13-24-32-31(33)23-14-26-34(32)42-38(30-21-11-4-12-22-30)36(40)28-17-7-2-8-18-28;15-13(11-7-3-1-4-8-11)14(16)12-9-5-2-6-10-12;11-9-5-1-3-7-8(9)4-2-6-10(7)12;/h1-26,37-38H;1-10,13H;1-6,11-12H;. The van der Waals surface area contributed by atoms with Gasteiger partial charge in [0.1, 0.15) is 28.4 Å². The molecule has 7 nitrogen and oxygen atoms in total.